The zero-order valence-electron chi connectivity index (χ0n) is 9.50. The van der Waals surface area contributed by atoms with Crippen molar-refractivity contribution in [3.63, 3.8) is 0 Å². The van der Waals surface area contributed by atoms with Crippen LogP contribution in [0.15, 0.2) is 18.2 Å². The van der Waals surface area contributed by atoms with Crippen LogP contribution >= 0.6 is 23.2 Å². The summed E-state index contributed by atoms with van der Waals surface area (Å²) in [6.45, 7) is 4.86. The Kier molecular flexibility index (Phi) is 5.56. The normalized spacial score (nSPS) is 13.1. The maximum absolute atomic E-state index is 9.18. The fourth-order valence-electron chi connectivity index (χ4n) is 1.44. The van der Waals surface area contributed by atoms with Gasteiger partial charge in [-0.1, -0.05) is 49.2 Å². The number of aliphatic hydroxyl groups excluding tert-OH is 1. The van der Waals surface area contributed by atoms with Crippen molar-refractivity contribution in [2.24, 2.45) is 5.92 Å². The maximum Gasteiger partial charge on any atom is 0.0637 e. The van der Waals surface area contributed by atoms with E-state index in [4.69, 9.17) is 23.2 Å². The van der Waals surface area contributed by atoms with E-state index >= 15 is 0 Å². The van der Waals surface area contributed by atoms with Crippen LogP contribution in [0.4, 0.5) is 0 Å². The van der Waals surface area contributed by atoms with E-state index in [0.29, 0.717) is 22.5 Å². The van der Waals surface area contributed by atoms with Crippen molar-refractivity contribution in [3.05, 3.63) is 33.8 Å². The van der Waals surface area contributed by atoms with Gasteiger partial charge in [0.25, 0.3) is 0 Å². The zero-order chi connectivity index (χ0) is 12.1. The van der Waals surface area contributed by atoms with Crippen molar-refractivity contribution >= 4 is 23.2 Å². The molecule has 1 atom stereocenters. The van der Waals surface area contributed by atoms with Crippen LogP contribution in [0.5, 0.6) is 0 Å². The summed E-state index contributed by atoms with van der Waals surface area (Å²) in [5.41, 5.74) is 0.952. The molecule has 0 unspecified atom stereocenters. The molecule has 1 aromatic carbocycles. The van der Waals surface area contributed by atoms with Gasteiger partial charge in [0, 0.05) is 12.6 Å². The molecule has 0 aliphatic rings. The van der Waals surface area contributed by atoms with Gasteiger partial charge in [-0.25, -0.2) is 0 Å². The molecule has 1 rings (SSSR count). The highest BCUT2D eigenvalue weighted by molar-refractivity contribution is 6.42. The van der Waals surface area contributed by atoms with Gasteiger partial charge in [-0.15, -0.1) is 0 Å². The summed E-state index contributed by atoms with van der Waals surface area (Å²) in [5, 5.41) is 13.6. The molecule has 90 valence electrons. The summed E-state index contributed by atoms with van der Waals surface area (Å²) in [6, 6.07) is 5.64. The summed E-state index contributed by atoms with van der Waals surface area (Å²) in [7, 11) is 0. The molecule has 4 heteroatoms. The molecule has 0 amide bonds. The number of hydrogen-bond donors (Lipinski definition) is 2. The molecule has 0 saturated heterocycles. The molecule has 0 aliphatic carbocycles. The second-order valence-electron chi connectivity index (χ2n) is 4.13. The molecule has 0 fully saturated rings. The van der Waals surface area contributed by atoms with Crippen LogP contribution in [0.2, 0.25) is 10.0 Å². The fourth-order valence-corrected chi connectivity index (χ4v) is 1.82. The second kappa shape index (κ2) is 6.45. The minimum atomic E-state index is 0.0787. The Labute approximate surface area is 107 Å². The van der Waals surface area contributed by atoms with Crippen LogP contribution < -0.4 is 5.32 Å². The summed E-state index contributed by atoms with van der Waals surface area (Å²) in [4.78, 5) is 0. The maximum atomic E-state index is 9.18. The third-order valence-electron chi connectivity index (χ3n) is 2.59. The first-order valence-electron chi connectivity index (χ1n) is 5.33. The second-order valence-corrected chi connectivity index (χ2v) is 4.91. The number of rotatable bonds is 5. The molecule has 16 heavy (non-hydrogen) atoms. The first-order chi connectivity index (χ1) is 7.56. The van der Waals surface area contributed by atoms with Crippen LogP contribution in [0.25, 0.3) is 0 Å². The molecule has 2 N–H and O–H groups in total. The van der Waals surface area contributed by atoms with Gasteiger partial charge in [-0.3, -0.25) is 0 Å². The number of halogens is 2. The van der Waals surface area contributed by atoms with Crippen molar-refractivity contribution in [1.29, 1.82) is 0 Å². The van der Waals surface area contributed by atoms with Gasteiger partial charge < -0.3 is 10.4 Å². The first kappa shape index (κ1) is 13.8. The summed E-state index contributed by atoms with van der Waals surface area (Å²) in [5.74, 6) is 0.378. The zero-order valence-corrected chi connectivity index (χ0v) is 11.0. The average Bonchev–Trinajstić information content (AvgIpc) is 2.24. The SMILES string of the molecule is CC(C)[C@@H](CO)NCc1cccc(Cl)c1Cl. The van der Waals surface area contributed by atoms with Gasteiger partial charge in [0.1, 0.15) is 0 Å². The van der Waals surface area contributed by atoms with Gasteiger partial charge in [-0.2, -0.15) is 0 Å². The molecule has 0 spiro atoms. The van der Waals surface area contributed by atoms with E-state index in [1.807, 2.05) is 12.1 Å². The number of nitrogens with one attached hydrogen (secondary N) is 1. The monoisotopic (exact) mass is 261 g/mol. The van der Waals surface area contributed by atoms with Crippen molar-refractivity contribution in [2.45, 2.75) is 26.4 Å². The number of hydrogen-bond acceptors (Lipinski definition) is 2. The molecule has 0 aromatic heterocycles. The van der Waals surface area contributed by atoms with Crippen LogP contribution in [-0.2, 0) is 6.54 Å². The molecule has 0 aliphatic heterocycles. The summed E-state index contributed by atoms with van der Waals surface area (Å²) >= 11 is 12.0. The lowest BCUT2D eigenvalue weighted by atomic mass is 10.1. The van der Waals surface area contributed by atoms with E-state index < -0.39 is 0 Å². The predicted molar refractivity (Wildman–Crippen MR) is 69.0 cm³/mol. The Morgan fingerprint density at radius 1 is 1.31 bits per heavy atom. The molecular weight excluding hydrogens is 245 g/mol. The lowest BCUT2D eigenvalue weighted by Crippen LogP contribution is -2.36. The van der Waals surface area contributed by atoms with Gasteiger partial charge >= 0.3 is 0 Å². The Hall–Kier alpha value is -0.280. The van der Waals surface area contributed by atoms with Crippen LogP contribution in [0.1, 0.15) is 19.4 Å². The minimum Gasteiger partial charge on any atom is -0.395 e. The van der Waals surface area contributed by atoms with E-state index in [2.05, 4.69) is 19.2 Å². The molecule has 0 radical (unpaired) electrons. The highest BCUT2D eigenvalue weighted by atomic mass is 35.5. The molecule has 0 bridgehead atoms. The van der Waals surface area contributed by atoms with Crippen molar-refractivity contribution < 1.29 is 5.11 Å². The third kappa shape index (κ3) is 3.63. The van der Waals surface area contributed by atoms with Crippen LogP contribution in [-0.4, -0.2) is 17.8 Å². The van der Waals surface area contributed by atoms with E-state index in [9.17, 15) is 5.11 Å². The smallest absolute Gasteiger partial charge is 0.0637 e. The lowest BCUT2D eigenvalue weighted by molar-refractivity contribution is 0.210. The quantitative estimate of drug-likeness (QED) is 0.854. The number of aliphatic hydroxyl groups is 1. The minimum absolute atomic E-state index is 0.0787. The standard InChI is InChI=1S/C12H17Cl2NO/c1-8(2)11(7-16)15-6-9-4-3-5-10(13)12(9)14/h3-5,8,11,15-16H,6-7H2,1-2H3/t11-/m1/s1. The Balaban J connectivity index is 2.64. The van der Waals surface area contributed by atoms with E-state index in [-0.39, 0.29) is 12.6 Å². The van der Waals surface area contributed by atoms with E-state index in [1.165, 1.54) is 0 Å². The Morgan fingerprint density at radius 2 is 2.00 bits per heavy atom. The molecule has 0 saturated carbocycles. The Morgan fingerprint density at radius 3 is 2.56 bits per heavy atom. The van der Waals surface area contributed by atoms with Crippen molar-refractivity contribution in [3.8, 4) is 0 Å². The van der Waals surface area contributed by atoms with E-state index in [0.717, 1.165) is 5.56 Å². The van der Waals surface area contributed by atoms with Crippen LogP contribution in [0.3, 0.4) is 0 Å². The first-order valence-corrected chi connectivity index (χ1v) is 6.09. The van der Waals surface area contributed by atoms with Crippen molar-refractivity contribution in [1.82, 2.24) is 5.32 Å². The van der Waals surface area contributed by atoms with Crippen molar-refractivity contribution in [2.75, 3.05) is 6.61 Å². The molecule has 2 nitrogen and oxygen atoms in total. The number of benzene rings is 1. The van der Waals surface area contributed by atoms with Crippen LogP contribution in [0, 0.1) is 5.92 Å². The molecule has 0 heterocycles. The summed E-state index contributed by atoms with van der Waals surface area (Å²) in [6.07, 6.45) is 0. The van der Waals surface area contributed by atoms with E-state index in [1.54, 1.807) is 6.07 Å². The van der Waals surface area contributed by atoms with Gasteiger partial charge in [0.2, 0.25) is 0 Å². The van der Waals surface area contributed by atoms with Gasteiger partial charge in [0.15, 0.2) is 0 Å². The highest BCUT2D eigenvalue weighted by Gasteiger charge is 2.12. The largest absolute Gasteiger partial charge is 0.395 e. The van der Waals surface area contributed by atoms with Gasteiger partial charge in [-0.05, 0) is 17.5 Å². The average molecular weight is 262 g/mol. The topological polar surface area (TPSA) is 32.3 Å². The highest BCUT2D eigenvalue weighted by Crippen LogP contribution is 2.25. The fraction of sp³-hybridized carbons (Fsp3) is 0.500. The predicted octanol–water partition coefficient (Wildman–Crippen LogP) is 3.10. The molecule has 1 aromatic rings. The lowest BCUT2D eigenvalue weighted by Gasteiger charge is -2.20. The van der Waals surface area contributed by atoms with Gasteiger partial charge in [0.05, 0.1) is 16.7 Å². The molecular formula is C12H17Cl2NO. The Bertz CT molecular complexity index is 342. The summed E-state index contributed by atoms with van der Waals surface area (Å²) < 4.78 is 0. The third-order valence-corrected chi connectivity index (χ3v) is 3.45.